The molecule has 0 aliphatic carbocycles. The molecule has 1 aliphatic rings. The Morgan fingerprint density at radius 3 is 2.60 bits per heavy atom. The Labute approximate surface area is 120 Å². The molecule has 0 aromatic carbocycles. The van der Waals surface area contributed by atoms with E-state index in [1.54, 1.807) is 6.20 Å². The molecule has 110 valence electrons. The maximum Gasteiger partial charge on any atom is 0.309 e. The van der Waals surface area contributed by atoms with Gasteiger partial charge in [-0.15, -0.1) is 0 Å². The second-order valence-corrected chi connectivity index (χ2v) is 5.74. The molecular weight excluding hydrogens is 254 g/mol. The van der Waals surface area contributed by atoms with Gasteiger partial charge in [0.05, 0.1) is 16.8 Å². The van der Waals surface area contributed by atoms with Gasteiger partial charge in [0.15, 0.2) is 0 Å². The first-order chi connectivity index (χ1) is 9.48. The Balaban J connectivity index is 2.14. The van der Waals surface area contributed by atoms with Crippen molar-refractivity contribution in [3.05, 3.63) is 17.6 Å². The first kappa shape index (κ1) is 14.8. The summed E-state index contributed by atoms with van der Waals surface area (Å²) >= 11 is 0. The summed E-state index contributed by atoms with van der Waals surface area (Å²) in [5.41, 5.74) is 1.26. The molecule has 20 heavy (non-hydrogen) atoms. The number of carboxylic acid groups (broad SMARTS) is 1. The summed E-state index contributed by atoms with van der Waals surface area (Å²) in [6, 6.07) is 0. The van der Waals surface area contributed by atoms with Crippen LogP contribution in [0.4, 0.5) is 5.82 Å². The van der Waals surface area contributed by atoms with Gasteiger partial charge in [-0.3, -0.25) is 9.78 Å². The van der Waals surface area contributed by atoms with Crippen LogP contribution in [-0.2, 0) is 4.79 Å². The van der Waals surface area contributed by atoms with E-state index in [2.05, 4.69) is 14.9 Å². The Kier molecular flexibility index (Phi) is 4.26. The van der Waals surface area contributed by atoms with E-state index in [1.165, 1.54) is 0 Å². The minimum Gasteiger partial charge on any atom is -0.481 e. The van der Waals surface area contributed by atoms with Gasteiger partial charge in [-0.25, -0.2) is 4.98 Å². The quantitative estimate of drug-likeness (QED) is 0.916. The second-order valence-electron chi connectivity index (χ2n) is 5.74. The highest BCUT2D eigenvalue weighted by atomic mass is 16.4. The van der Waals surface area contributed by atoms with E-state index in [4.69, 9.17) is 0 Å². The van der Waals surface area contributed by atoms with E-state index in [-0.39, 0.29) is 0 Å². The van der Waals surface area contributed by atoms with Crippen molar-refractivity contribution < 1.29 is 9.90 Å². The minimum absolute atomic E-state index is 0.545. The van der Waals surface area contributed by atoms with Crippen LogP contribution in [0.3, 0.4) is 0 Å². The van der Waals surface area contributed by atoms with E-state index < -0.39 is 11.4 Å². The average Bonchev–Trinajstić information content (AvgIpc) is 2.42. The smallest absolute Gasteiger partial charge is 0.309 e. The number of hydrogen-bond acceptors (Lipinski definition) is 4. The monoisotopic (exact) mass is 277 g/mol. The summed E-state index contributed by atoms with van der Waals surface area (Å²) in [7, 11) is 0. The number of carbonyl (C=O) groups is 1. The SMILES string of the molecule is CCCC1(C(=O)O)CCN(c2nc(C)cnc2C)CC1. The minimum atomic E-state index is -0.647. The third kappa shape index (κ3) is 2.76. The number of anilines is 1. The zero-order chi connectivity index (χ0) is 14.8. The van der Waals surface area contributed by atoms with E-state index >= 15 is 0 Å². The van der Waals surface area contributed by atoms with Crippen molar-refractivity contribution >= 4 is 11.8 Å². The summed E-state index contributed by atoms with van der Waals surface area (Å²) in [5, 5.41) is 9.53. The molecule has 5 nitrogen and oxygen atoms in total. The van der Waals surface area contributed by atoms with E-state index in [9.17, 15) is 9.90 Å². The Morgan fingerprint density at radius 2 is 2.05 bits per heavy atom. The topological polar surface area (TPSA) is 66.3 Å². The third-order valence-corrected chi connectivity index (χ3v) is 4.25. The van der Waals surface area contributed by atoms with Gasteiger partial charge in [0.1, 0.15) is 5.82 Å². The van der Waals surface area contributed by atoms with E-state index in [1.807, 2.05) is 20.8 Å². The molecule has 1 N–H and O–H groups in total. The van der Waals surface area contributed by atoms with Crippen molar-refractivity contribution in [3.63, 3.8) is 0 Å². The lowest BCUT2D eigenvalue weighted by Gasteiger charge is -2.39. The summed E-state index contributed by atoms with van der Waals surface area (Å²) in [5.74, 6) is 0.256. The van der Waals surface area contributed by atoms with Gasteiger partial charge in [0, 0.05) is 19.3 Å². The van der Waals surface area contributed by atoms with Gasteiger partial charge in [-0.2, -0.15) is 0 Å². The number of rotatable bonds is 4. The van der Waals surface area contributed by atoms with Crippen LogP contribution in [0, 0.1) is 19.3 Å². The number of hydrogen-bond donors (Lipinski definition) is 1. The number of carboxylic acids is 1. The fourth-order valence-corrected chi connectivity index (χ4v) is 3.02. The number of aliphatic carboxylic acids is 1. The van der Waals surface area contributed by atoms with Crippen LogP contribution in [0.2, 0.25) is 0 Å². The zero-order valence-corrected chi connectivity index (χ0v) is 12.5. The van der Waals surface area contributed by atoms with E-state index in [0.29, 0.717) is 12.8 Å². The van der Waals surface area contributed by atoms with Gasteiger partial charge < -0.3 is 10.0 Å². The molecule has 0 bridgehead atoms. The molecule has 2 rings (SSSR count). The standard InChI is InChI=1S/C15H23N3O2/c1-4-5-15(14(19)20)6-8-18(9-7-15)13-12(3)16-10-11(2)17-13/h10H,4-9H2,1-3H3,(H,19,20). The normalized spacial score (nSPS) is 18.1. The van der Waals surface area contributed by atoms with Gasteiger partial charge in [0.2, 0.25) is 0 Å². The first-order valence-electron chi connectivity index (χ1n) is 7.27. The Bertz CT molecular complexity index is 494. The molecule has 1 aliphatic heterocycles. The highest BCUT2D eigenvalue weighted by Crippen LogP contribution is 2.37. The molecule has 5 heteroatoms. The molecule has 1 aromatic heterocycles. The lowest BCUT2D eigenvalue weighted by molar-refractivity contribution is -0.150. The molecule has 1 fully saturated rings. The molecule has 1 aromatic rings. The molecule has 1 saturated heterocycles. The highest BCUT2D eigenvalue weighted by Gasteiger charge is 2.41. The maximum atomic E-state index is 11.6. The van der Waals surface area contributed by atoms with Gasteiger partial charge >= 0.3 is 5.97 Å². The number of piperidine rings is 1. The molecule has 0 amide bonds. The van der Waals surface area contributed by atoms with Crippen molar-refractivity contribution in [3.8, 4) is 0 Å². The molecule has 0 spiro atoms. The summed E-state index contributed by atoms with van der Waals surface area (Å²) in [4.78, 5) is 22.6. The van der Waals surface area contributed by atoms with Crippen molar-refractivity contribution in [2.75, 3.05) is 18.0 Å². The van der Waals surface area contributed by atoms with Crippen molar-refractivity contribution in [2.24, 2.45) is 5.41 Å². The third-order valence-electron chi connectivity index (χ3n) is 4.25. The van der Waals surface area contributed by atoms with Crippen LogP contribution in [-0.4, -0.2) is 34.1 Å². The first-order valence-corrected chi connectivity index (χ1v) is 7.27. The highest BCUT2D eigenvalue weighted by molar-refractivity contribution is 5.75. The van der Waals surface area contributed by atoms with Crippen molar-refractivity contribution in [1.82, 2.24) is 9.97 Å². The zero-order valence-electron chi connectivity index (χ0n) is 12.5. The Morgan fingerprint density at radius 1 is 1.40 bits per heavy atom. The summed E-state index contributed by atoms with van der Waals surface area (Å²) < 4.78 is 0. The molecule has 0 unspecified atom stereocenters. The van der Waals surface area contributed by atoms with E-state index in [0.717, 1.165) is 43.1 Å². The molecule has 0 radical (unpaired) electrons. The molecule has 0 saturated carbocycles. The average molecular weight is 277 g/mol. The van der Waals surface area contributed by atoms with Crippen LogP contribution in [0.5, 0.6) is 0 Å². The lowest BCUT2D eigenvalue weighted by Crippen LogP contribution is -2.45. The van der Waals surface area contributed by atoms with Gasteiger partial charge in [-0.1, -0.05) is 13.3 Å². The van der Waals surface area contributed by atoms with Crippen LogP contribution >= 0.6 is 0 Å². The van der Waals surface area contributed by atoms with Crippen molar-refractivity contribution in [1.29, 1.82) is 0 Å². The largest absolute Gasteiger partial charge is 0.481 e. The molecule has 2 heterocycles. The maximum absolute atomic E-state index is 11.6. The fraction of sp³-hybridized carbons (Fsp3) is 0.667. The van der Waals surface area contributed by atoms with Crippen LogP contribution < -0.4 is 4.90 Å². The Hall–Kier alpha value is -1.65. The van der Waals surface area contributed by atoms with Crippen LogP contribution in [0.25, 0.3) is 0 Å². The predicted molar refractivity (Wildman–Crippen MR) is 77.9 cm³/mol. The second kappa shape index (κ2) is 5.77. The number of nitrogens with zero attached hydrogens (tertiary/aromatic N) is 3. The predicted octanol–water partition coefficient (Wildman–Crippen LogP) is 2.56. The molecular formula is C15H23N3O2. The fourth-order valence-electron chi connectivity index (χ4n) is 3.02. The number of aryl methyl sites for hydroxylation is 2. The van der Waals surface area contributed by atoms with Crippen LogP contribution in [0.15, 0.2) is 6.20 Å². The summed E-state index contributed by atoms with van der Waals surface area (Å²) in [6.07, 6.45) is 4.81. The summed E-state index contributed by atoms with van der Waals surface area (Å²) in [6.45, 7) is 7.41. The van der Waals surface area contributed by atoms with Crippen LogP contribution in [0.1, 0.15) is 44.0 Å². The lowest BCUT2D eigenvalue weighted by atomic mass is 9.75. The number of aromatic nitrogens is 2. The van der Waals surface area contributed by atoms with Gasteiger partial charge in [-0.05, 0) is 33.1 Å². The molecule has 0 atom stereocenters. The van der Waals surface area contributed by atoms with Crippen molar-refractivity contribution in [2.45, 2.75) is 46.5 Å². The van der Waals surface area contributed by atoms with Gasteiger partial charge in [0.25, 0.3) is 0 Å².